The number of carbonyl (C=O) groups is 2. The Morgan fingerprint density at radius 3 is 2.72 bits per heavy atom. The van der Waals surface area contributed by atoms with Gasteiger partial charge in [-0.05, 0) is 51.5 Å². The molecule has 25 heavy (non-hydrogen) atoms. The Labute approximate surface area is 149 Å². The Bertz CT molecular complexity index is 679. The summed E-state index contributed by atoms with van der Waals surface area (Å²) in [5, 5.41) is 4.55. The minimum absolute atomic E-state index is 0.146. The molecule has 0 N–H and O–H groups in total. The van der Waals surface area contributed by atoms with E-state index in [9.17, 15) is 9.59 Å². The Morgan fingerprint density at radius 2 is 2.04 bits per heavy atom. The van der Waals surface area contributed by atoms with Gasteiger partial charge in [0.05, 0.1) is 24.2 Å². The normalized spacial score (nSPS) is 26.7. The van der Waals surface area contributed by atoms with Crippen LogP contribution >= 0.6 is 0 Å². The van der Waals surface area contributed by atoms with Crippen LogP contribution in [0.4, 0.5) is 0 Å². The smallest absolute Gasteiger partial charge is 0.228 e. The van der Waals surface area contributed by atoms with E-state index in [0.29, 0.717) is 18.9 Å². The SMILES string of the molecule is Cc1cc(C)n(C[C@@H]2CCCN2C(=O)[C@@H]2CC(=O)N(CC3CC3)C2)n1. The highest BCUT2D eigenvalue weighted by atomic mass is 16.2. The van der Waals surface area contributed by atoms with Crippen LogP contribution in [0.15, 0.2) is 6.07 Å². The number of carbonyl (C=O) groups excluding carboxylic acids is 2. The van der Waals surface area contributed by atoms with Gasteiger partial charge in [-0.1, -0.05) is 0 Å². The average molecular weight is 344 g/mol. The minimum Gasteiger partial charge on any atom is -0.342 e. The van der Waals surface area contributed by atoms with Gasteiger partial charge in [0.25, 0.3) is 0 Å². The highest BCUT2D eigenvalue weighted by molar-refractivity contribution is 5.89. The lowest BCUT2D eigenvalue weighted by Gasteiger charge is -2.27. The van der Waals surface area contributed by atoms with E-state index in [1.165, 1.54) is 12.8 Å². The summed E-state index contributed by atoms with van der Waals surface area (Å²) in [6.45, 7) is 7.12. The average Bonchev–Trinajstić information content (AvgIpc) is 2.98. The molecule has 3 fully saturated rings. The summed E-state index contributed by atoms with van der Waals surface area (Å²) in [7, 11) is 0. The first-order valence-corrected chi connectivity index (χ1v) is 9.60. The number of likely N-dealkylation sites (tertiary alicyclic amines) is 2. The lowest BCUT2D eigenvalue weighted by molar-refractivity contribution is -0.136. The zero-order valence-electron chi connectivity index (χ0n) is 15.3. The standard InChI is InChI=1S/C19H28N4O2/c1-13-8-14(2)23(20-13)12-17-4-3-7-22(17)19(25)16-9-18(24)21(11-16)10-15-5-6-15/h8,15-17H,3-7,9-12H2,1-2H3/t16-,17+/m1/s1. The summed E-state index contributed by atoms with van der Waals surface area (Å²) in [5.41, 5.74) is 2.16. The summed E-state index contributed by atoms with van der Waals surface area (Å²) >= 11 is 0. The van der Waals surface area contributed by atoms with Crippen molar-refractivity contribution in [1.29, 1.82) is 0 Å². The molecule has 3 heterocycles. The van der Waals surface area contributed by atoms with Gasteiger partial charge in [0, 0.05) is 31.7 Å². The van der Waals surface area contributed by atoms with Crippen LogP contribution in [0.1, 0.15) is 43.5 Å². The first-order valence-electron chi connectivity index (χ1n) is 9.60. The van der Waals surface area contributed by atoms with Crippen molar-refractivity contribution in [2.75, 3.05) is 19.6 Å². The summed E-state index contributed by atoms with van der Waals surface area (Å²) < 4.78 is 2.02. The molecular formula is C19H28N4O2. The van der Waals surface area contributed by atoms with Crippen LogP contribution < -0.4 is 0 Å². The second-order valence-electron chi connectivity index (χ2n) is 8.08. The van der Waals surface area contributed by atoms with Crippen molar-refractivity contribution < 1.29 is 9.59 Å². The molecule has 0 radical (unpaired) electrons. The van der Waals surface area contributed by atoms with Gasteiger partial charge in [0.2, 0.25) is 11.8 Å². The lowest BCUT2D eigenvalue weighted by Crippen LogP contribution is -2.42. The molecule has 6 heteroatoms. The van der Waals surface area contributed by atoms with Crippen molar-refractivity contribution in [2.45, 2.75) is 58.5 Å². The van der Waals surface area contributed by atoms with Crippen LogP contribution in [0.2, 0.25) is 0 Å². The highest BCUT2D eigenvalue weighted by Gasteiger charge is 2.41. The third kappa shape index (κ3) is 3.44. The van der Waals surface area contributed by atoms with Crippen molar-refractivity contribution in [3.63, 3.8) is 0 Å². The molecule has 2 atom stereocenters. The van der Waals surface area contributed by atoms with Crippen molar-refractivity contribution in [3.8, 4) is 0 Å². The van der Waals surface area contributed by atoms with E-state index in [2.05, 4.69) is 18.1 Å². The molecule has 2 saturated heterocycles. The fourth-order valence-corrected chi connectivity index (χ4v) is 4.34. The number of aryl methyl sites for hydroxylation is 2. The van der Waals surface area contributed by atoms with Gasteiger partial charge in [0.15, 0.2) is 0 Å². The molecule has 1 saturated carbocycles. The third-order valence-electron chi connectivity index (χ3n) is 5.89. The molecule has 0 unspecified atom stereocenters. The maximum absolute atomic E-state index is 13.0. The van der Waals surface area contributed by atoms with Crippen LogP contribution in [0, 0.1) is 25.7 Å². The van der Waals surface area contributed by atoms with Crippen LogP contribution in [-0.2, 0) is 16.1 Å². The summed E-state index contributed by atoms with van der Waals surface area (Å²) in [5.74, 6) is 0.880. The Kier molecular flexibility index (Phi) is 4.29. The Morgan fingerprint density at radius 1 is 1.24 bits per heavy atom. The van der Waals surface area contributed by atoms with Crippen molar-refractivity contribution >= 4 is 11.8 Å². The zero-order chi connectivity index (χ0) is 17.6. The first kappa shape index (κ1) is 16.6. The van der Waals surface area contributed by atoms with E-state index in [1.807, 2.05) is 21.4 Å². The Balaban J connectivity index is 1.40. The van der Waals surface area contributed by atoms with E-state index in [1.54, 1.807) is 0 Å². The van der Waals surface area contributed by atoms with Crippen LogP contribution in [0.3, 0.4) is 0 Å². The molecule has 136 valence electrons. The largest absolute Gasteiger partial charge is 0.342 e. The van der Waals surface area contributed by atoms with Crippen LogP contribution in [0.5, 0.6) is 0 Å². The van der Waals surface area contributed by atoms with Crippen LogP contribution in [0.25, 0.3) is 0 Å². The number of nitrogens with zero attached hydrogens (tertiary/aromatic N) is 4. The summed E-state index contributed by atoms with van der Waals surface area (Å²) in [6, 6.07) is 2.28. The first-order chi connectivity index (χ1) is 12.0. The number of hydrogen-bond acceptors (Lipinski definition) is 3. The molecule has 6 nitrogen and oxygen atoms in total. The highest BCUT2D eigenvalue weighted by Crippen LogP contribution is 2.33. The van der Waals surface area contributed by atoms with Gasteiger partial charge < -0.3 is 9.80 Å². The number of hydrogen-bond donors (Lipinski definition) is 0. The maximum atomic E-state index is 13.0. The number of amides is 2. The van der Waals surface area contributed by atoms with E-state index >= 15 is 0 Å². The molecule has 3 aliphatic rings. The maximum Gasteiger partial charge on any atom is 0.228 e. The van der Waals surface area contributed by atoms with E-state index in [4.69, 9.17) is 0 Å². The molecule has 1 aromatic rings. The zero-order valence-corrected chi connectivity index (χ0v) is 15.3. The second-order valence-corrected chi connectivity index (χ2v) is 8.08. The number of aromatic nitrogens is 2. The van der Waals surface area contributed by atoms with E-state index in [-0.39, 0.29) is 23.8 Å². The molecule has 4 rings (SSSR count). The lowest BCUT2D eigenvalue weighted by atomic mass is 10.1. The monoisotopic (exact) mass is 344 g/mol. The third-order valence-corrected chi connectivity index (χ3v) is 5.89. The number of rotatable bonds is 5. The van der Waals surface area contributed by atoms with E-state index in [0.717, 1.165) is 43.9 Å². The van der Waals surface area contributed by atoms with Crippen LogP contribution in [-0.4, -0.2) is 57.1 Å². The molecule has 1 aliphatic carbocycles. The molecule has 1 aromatic heterocycles. The van der Waals surface area contributed by atoms with Gasteiger partial charge in [-0.3, -0.25) is 14.3 Å². The van der Waals surface area contributed by atoms with Crippen molar-refractivity contribution in [2.24, 2.45) is 11.8 Å². The predicted molar refractivity (Wildman–Crippen MR) is 93.8 cm³/mol. The molecule has 2 aliphatic heterocycles. The molecule has 2 amide bonds. The predicted octanol–water partition coefficient (Wildman–Crippen LogP) is 1.75. The van der Waals surface area contributed by atoms with Crippen molar-refractivity contribution in [3.05, 3.63) is 17.5 Å². The van der Waals surface area contributed by atoms with Crippen molar-refractivity contribution in [1.82, 2.24) is 19.6 Å². The van der Waals surface area contributed by atoms with Gasteiger partial charge in [0.1, 0.15) is 0 Å². The van der Waals surface area contributed by atoms with Gasteiger partial charge in [-0.25, -0.2) is 0 Å². The summed E-state index contributed by atoms with van der Waals surface area (Å²) in [4.78, 5) is 29.2. The van der Waals surface area contributed by atoms with E-state index < -0.39 is 0 Å². The van der Waals surface area contributed by atoms with Gasteiger partial charge in [-0.2, -0.15) is 5.10 Å². The molecule has 0 bridgehead atoms. The fraction of sp³-hybridized carbons (Fsp3) is 0.737. The minimum atomic E-state index is -0.146. The molecule has 0 spiro atoms. The Hall–Kier alpha value is -1.85. The fourth-order valence-electron chi connectivity index (χ4n) is 4.34. The van der Waals surface area contributed by atoms with Gasteiger partial charge in [-0.15, -0.1) is 0 Å². The molecular weight excluding hydrogens is 316 g/mol. The van der Waals surface area contributed by atoms with Gasteiger partial charge >= 0.3 is 0 Å². The second kappa shape index (κ2) is 6.46. The quantitative estimate of drug-likeness (QED) is 0.818. The topological polar surface area (TPSA) is 58.4 Å². The summed E-state index contributed by atoms with van der Waals surface area (Å²) in [6.07, 6.45) is 4.94. The molecule has 0 aromatic carbocycles.